The highest BCUT2D eigenvalue weighted by Crippen LogP contribution is 2.38. The number of rotatable bonds is 2. The van der Waals surface area contributed by atoms with E-state index in [-0.39, 0.29) is 11.6 Å². The summed E-state index contributed by atoms with van der Waals surface area (Å²) >= 11 is 0. The fourth-order valence-electron chi connectivity index (χ4n) is 3.34. The van der Waals surface area contributed by atoms with Crippen molar-refractivity contribution in [2.75, 3.05) is 11.1 Å². The van der Waals surface area contributed by atoms with Gasteiger partial charge in [-0.25, -0.2) is 0 Å². The average Bonchev–Trinajstić information content (AvgIpc) is 2.64. The summed E-state index contributed by atoms with van der Waals surface area (Å²) in [6.45, 7) is 3.85. The molecule has 0 saturated carbocycles. The van der Waals surface area contributed by atoms with E-state index in [2.05, 4.69) is 5.32 Å². The van der Waals surface area contributed by atoms with Crippen LogP contribution in [0.3, 0.4) is 0 Å². The Bertz CT molecular complexity index is 1070. The molecule has 0 spiro atoms. The summed E-state index contributed by atoms with van der Waals surface area (Å²) < 4.78 is 0. The number of carbonyl (C=O) groups excluding carboxylic acids is 2. The number of nitrogen functional groups attached to an aromatic ring is 1. The minimum absolute atomic E-state index is 0.184. The molecule has 0 aliphatic heterocycles. The first-order valence-corrected chi connectivity index (χ1v) is 8.42. The summed E-state index contributed by atoms with van der Waals surface area (Å²) in [7, 11) is 0. The van der Waals surface area contributed by atoms with Gasteiger partial charge < -0.3 is 11.1 Å². The van der Waals surface area contributed by atoms with Crippen molar-refractivity contribution >= 4 is 28.6 Å². The topological polar surface area (TPSA) is 72.2 Å². The number of hydrogen-bond donors (Lipinski definition) is 2. The van der Waals surface area contributed by atoms with E-state index in [0.29, 0.717) is 33.6 Å². The Balaban J connectivity index is 1.93. The van der Waals surface area contributed by atoms with Gasteiger partial charge in [0.2, 0.25) is 0 Å². The Labute approximate surface area is 151 Å². The number of carbonyl (C=O) groups is 2. The molecule has 4 heteroatoms. The second kappa shape index (κ2) is 5.85. The summed E-state index contributed by atoms with van der Waals surface area (Å²) in [6, 6.07) is 16.6. The largest absolute Gasteiger partial charge is 0.398 e. The monoisotopic (exact) mass is 342 g/mol. The third kappa shape index (κ3) is 2.39. The number of fused-ring (bicyclic) bond motifs is 2. The molecule has 3 aromatic rings. The van der Waals surface area contributed by atoms with Crippen molar-refractivity contribution in [2.45, 2.75) is 13.8 Å². The third-order valence-electron chi connectivity index (χ3n) is 4.78. The molecule has 26 heavy (non-hydrogen) atoms. The van der Waals surface area contributed by atoms with Crippen LogP contribution >= 0.6 is 0 Å². The van der Waals surface area contributed by atoms with E-state index in [1.807, 2.05) is 44.2 Å². The van der Waals surface area contributed by atoms with E-state index in [1.165, 1.54) is 0 Å². The van der Waals surface area contributed by atoms with Crippen molar-refractivity contribution in [3.05, 3.63) is 88.0 Å². The van der Waals surface area contributed by atoms with E-state index in [0.717, 1.165) is 16.8 Å². The van der Waals surface area contributed by atoms with Gasteiger partial charge in [0.25, 0.3) is 0 Å². The Hall–Kier alpha value is -3.40. The summed E-state index contributed by atoms with van der Waals surface area (Å²) in [5.74, 6) is -0.389. The van der Waals surface area contributed by atoms with Crippen LogP contribution in [0.15, 0.2) is 54.6 Å². The maximum atomic E-state index is 13.1. The molecule has 1 aliphatic rings. The van der Waals surface area contributed by atoms with Crippen LogP contribution in [0.2, 0.25) is 0 Å². The number of ketones is 2. The maximum Gasteiger partial charge on any atom is 0.196 e. The molecule has 3 aromatic carbocycles. The zero-order chi connectivity index (χ0) is 18.4. The first-order valence-electron chi connectivity index (χ1n) is 8.42. The van der Waals surface area contributed by atoms with Crippen molar-refractivity contribution in [1.29, 1.82) is 0 Å². The van der Waals surface area contributed by atoms with Gasteiger partial charge in [-0.05, 0) is 37.6 Å². The molecule has 0 saturated heterocycles. The lowest BCUT2D eigenvalue weighted by Gasteiger charge is -2.23. The molecular weight excluding hydrogens is 324 g/mol. The zero-order valence-electron chi connectivity index (χ0n) is 14.6. The lowest BCUT2D eigenvalue weighted by molar-refractivity contribution is 0.0980. The predicted molar refractivity (Wildman–Crippen MR) is 103 cm³/mol. The van der Waals surface area contributed by atoms with Gasteiger partial charge in [0.1, 0.15) is 0 Å². The van der Waals surface area contributed by atoms with Crippen LogP contribution in [0.1, 0.15) is 43.0 Å². The van der Waals surface area contributed by atoms with E-state index in [9.17, 15) is 9.59 Å². The smallest absolute Gasteiger partial charge is 0.196 e. The van der Waals surface area contributed by atoms with E-state index in [4.69, 9.17) is 5.73 Å². The number of hydrogen-bond acceptors (Lipinski definition) is 4. The van der Waals surface area contributed by atoms with Gasteiger partial charge in [-0.2, -0.15) is 0 Å². The Morgan fingerprint density at radius 3 is 2.00 bits per heavy atom. The van der Waals surface area contributed by atoms with E-state index < -0.39 is 0 Å². The fraction of sp³-hybridized carbons (Fsp3) is 0.0909. The number of nitrogens with two attached hydrogens (primary N) is 1. The standard InChI is InChI=1S/C22H18N2O2/c1-12-7-9-14(10-8-12)24-17-11-13(2)20(23)19-18(17)21(25)15-5-3-4-6-16(15)22(19)26/h3-11,24H,23H2,1-2H3. The van der Waals surface area contributed by atoms with Crippen LogP contribution in [-0.4, -0.2) is 11.6 Å². The molecule has 3 N–H and O–H groups in total. The van der Waals surface area contributed by atoms with Crippen LogP contribution in [0.5, 0.6) is 0 Å². The van der Waals surface area contributed by atoms with Gasteiger partial charge in [-0.1, -0.05) is 42.0 Å². The first kappa shape index (κ1) is 16.1. The minimum Gasteiger partial charge on any atom is -0.398 e. The molecule has 4 nitrogen and oxygen atoms in total. The lowest BCUT2D eigenvalue weighted by Crippen LogP contribution is -2.24. The van der Waals surface area contributed by atoms with Gasteiger partial charge in [0.15, 0.2) is 11.6 Å². The molecule has 128 valence electrons. The SMILES string of the molecule is Cc1ccc(Nc2cc(C)c(N)c3c2C(=O)c2ccccc2C3=O)cc1. The van der Waals surface area contributed by atoms with Crippen molar-refractivity contribution in [2.24, 2.45) is 0 Å². The van der Waals surface area contributed by atoms with Crippen molar-refractivity contribution < 1.29 is 9.59 Å². The quantitative estimate of drug-likeness (QED) is 0.530. The first-order chi connectivity index (χ1) is 12.5. The van der Waals surface area contributed by atoms with Gasteiger partial charge in [-0.15, -0.1) is 0 Å². The summed E-state index contributed by atoms with van der Waals surface area (Å²) in [6.07, 6.45) is 0. The maximum absolute atomic E-state index is 13.1. The molecule has 0 aromatic heterocycles. The molecule has 0 unspecified atom stereocenters. The lowest BCUT2D eigenvalue weighted by atomic mass is 9.81. The molecule has 0 fully saturated rings. The highest BCUT2D eigenvalue weighted by atomic mass is 16.1. The fourth-order valence-corrected chi connectivity index (χ4v) is 3.34. The molecule has 0 radical (unpaired) electrons. The number of benzene rings is 3. The molecule has 0 atom stereocenters. The van der Waals surface area contributed by atoms with Gasteiger partial charge in [-0.3, -0.25) is 9.59 Å². The average molecular weight is 342 g/mol. The Morgan fingerprint density at radius 1 is 0.808 bits per heavy atom. The zero-order valence-corrected chi connectivity index (χ0v) is 14.6. The molecule has 4 rings (SSSR count). The summed E-state index contributed by atoms with van der Waals surface area (Å²) in [5, 5.41) is 3.28. The second-order valence-corrected chi connectivity index (χ2v) is 6.60. The normalized spacial score (nSPS) is 12.5. The Kier molecular flexibility index (Phi) is 3.62. The van der Waals surface area contributed by atoms with Crippen molar-refractivity contribution in [3.63, 3.8) is 0 Å². The highest BCUT2D eigenvalue weighted by Gasteiger charge is 2.34. The van der Waals surface area contributed by atoms with Crippen LogP contribution in [-0.2, 0) is 0 Å². The number of aryl methyl sites for hydroxylation is 2. The van der Waals surface area contributed by atoms with Crippen LogP contribution < -0.4 is 11.1 Å². The second-order valence-electron chi connectivity index (χ2n) is 6.60. The van der Waals surface area contributed by atoms with Gasteiger partial charge >= 0.3 is 0 Å². The molecular formula is C22H18N2O2. The molecule has 0 amide bonds. The molecule has 1 aliphatic carbocycles. The van der Waals surface area contributed by atoms with Crippen molar-refractivity contribution in [3.8, 4) is 0 Å². The van der Waals surface area contributed by atoms with Crippen LogP contribution in [0.25, 0.3) is 0 Å². The summed E-state index contributed by atoms with van der Waals surface area (Å²) in [5.41, 5.74) is 11.4. The van der Waals surface area contributed by atoms with Gasteiger partial charge in [0.05, 0.1) is 16.8 Å². The summed E-state index contributed by atoms with van der Waals surface area (Å²) in [4.78, 5) is 26.2. The number of anilines is 3. The number of nitrogens with one attached hydrogen (secondary N) is 1. The van der Waals surface area contributed by atoms with Gasteiger partial charge in [0, 0.05) is 22.5 Å². The van der Waals surface area contributed by atoms with Crippen LogP contribution in [0.4, 0.5) is 17.1 Å². The minimum atomic E-state index is -0.205. The predicted octanol–water partition coefficient (Wildman–Crippen LogP) is 4.40. The van der Waals surface area contributed by atoms with E-state index >= 15 is 0 Å². The molecule has 0 heterocycles. The van der Waals surface area contributed by atoms with E-state index in [1.54, 1.807) is 24.3 Å². The molecule has 0 bridgehead atoms. The highest BCUT2D eigenvalue weighted by molar-refractivity contribution is 6.32. The van der Waals surface area contributed by atoms with Crippen molar-refractivity contribution in [1.82, 2.24) is 0 Å². The Morgan fingerprint density at radius 2 is 1.38 bits per heavy atom. The third-order valence-corrected chi connectivity index (χ3v) is 4.78. The van der Waals surface area contributed by atoms with Crippen LogP contribution in [0, 0.1) is 13.8 Å².